The second kappa shape index (κ2) is 7.42. The highest BCUT2D eigenvalue weighted by molar-refractivity contribution is 5.90. The molecule has 0 heterocycles. The smallest absolute Gasteiger partial charge is 0.372 e. The van der Waals surface area contributed by atoms with Crippen molar-refractivity contribution in [3.05, 3.63) is 0 Å². The maximum absolute atomic E-state index is 12.1. The molecule has 0 aliphatic carbocycles. The average molecular weight is 293 g/mol. The molecule has 0 aliphatic rings. The van der Waals surface area contributed by atoms with E-state index in [1.807, 2.05) is 0 Å². The highest BCUT2D eigenvalue weighted by atomic mass is 35.5. The Morgan fingerprint density at radius 3 is 2.17 bits per heavy atom. The van der Waals surface area contributed by atoms with Crippen molar-refractivity contribution in [2.75, 3.05) is 0 Å². The van der Waals surface area contributed by atoms with Gasteiger partial charge in [0, 0.05) is 0 Å². The van der Waals surface area contributed by atoms with Crippen molar-refractivity contribution in [3.8, 4) is 0 Å². The SMILES string of the molecule is CCCCC(C)(NC(=O)C(F)(F)F)C(=O)ON.Cl. The van der Waals surface area contributed by atoms with Crippen LogP contribution in [0, 0.1) is 0 Å². The van der Waals surface area contributed by atoms with E-state index < -0.39 is 23.6 Å². The van der Waals surface area contributed by atoms with E-state index in [0.717, 1.165) is 6.92 Å². The summed E-state index contributed by atoms with van der Waals surface area (Å²) in [4.78, 5) is 26.0. The van der Waals surface area contributed by atoms with Gasteiger partial charge in [0.2, 0.25) is 0 Å². The summed E-state index contributed by atoms with van der Waals surface area (Å²) >= 11 is 0. The largest absolute Gasteiger partial charge is 0.471 e. The third kappa shape index (κ3) is 5.54. The number of nitrogens with one attached hydrogen (secondary N) is 1. The predicted molar refractivity (Wildman–Crippen MR) is 59.7 cm³/mol. The zero-order valence-corrected chi connectivity index (χ0v) is 10.8. The molecule has 0 radical (unpaired) electrons. The van der Waals surface area contributed by atoms with Gasteiger partial charge in [-0.25, -0.2) is 4.79 Å². The number of amides is 1. The van der Waals surface area contributed by atoms with Crippen LogP contribution >= 0.6 is 12.4 Å². The van der Waals surface area contributed by atoms with Gasteiger partial charge < -0.3 is 10.2 Å². The standard InChI is InChI=1S/C9H15F3N2O3.ClH/c1-3-4-5-8(2,7(16)17-13)14-6(15)9(10,11)12;/h3-5,13H2,1-2H3,(H,14,15);1H. The van der Waals surface area contributed by atoms with Crippen molar-refractivity contribution in [1.82, 2.24) is 5.32 Å². The molecule has 0 rings (SSSR count). The van der Waals surface area contributed by atoms with Crippen LogP contribution in [0.4, 0.5) is 13.2 Å². The lowest BCUT2D eigenvalue weighted by Crippen LogP contribution is -2.56. The summed E-state index contributed by atoms with van der Waals surface area (Å²) in [7, 11) is 0. The van der Waals surface area contributed by atoms with Crippen LogP contribution in [0.1, 0.15) is 33.1 Å². The van der Waals surface area contributed by atoms with Crippen LogP contribution in [0.15, 0.2) is 0 Å². The maximum Gasteiger partial charge on any atom is 0.471 e. The van der Waals surface area contributed by atoms with Crippen molar-refractivity contribution in [2.24, 2.45) is 5.90 Å². The van der Waals surface area contributed by atoms with E-state index in [9.17, 15) is 22.8 Å². The molecule has 0 aliphatic heterocycles. The molecule has 0 fully saturated rings. The molecule has 0 bridgehead atoms. The highest BCUT2D eigenvalue weighted by Crippen LogP contribution is 2.20. The third-order valence-electron chi connectivity index (χ3n) is 2.23. The van der Waals surface area contributed by atoms with Crippen molar-refractivity contribution in [3.63, 3.8) is 0 Å². The first-order chi connectivity index (χ1) is 7.67. The molecule has 0 aromatic heterocycles. The van der Waals surface area contributed by atoms with Crippen LogP contribution in [-0.4, -0.2) is 23.6 Å². The van der Waals surface area contributed by atoms with Crippen LogP contribution in [0.3, 0.4) is 0 Å². The molecule has 0 spiro atoms. The van der Waals surface area contributed by atoms with Crippen molar-refractivity contribution >= 4 is 24.3 Å². The first-order valence-electron chi connectivity index (χ1n) is 4.98. The van der Waals surface area contributed by atoms with E-state index in [1.165, 1.54) is 0 Å². The molecule has 1 atom stereocenters. The summed E-state index contributed by atoms with van der Waals surface area (Å²) in [5, 5.41) is 1.60. The Kier molecular flexibility index (Phi) is 7.97. The molecule has 18 heavy (non-hydrogen) atoms. The molecule has 108 valence electrons. The first-order valence-corrected chi connectivity index (χ1v) is 4.98. The van der Waals surface area contributed by atoms with Gasteiger partial charge in [0.25, 0.3) is 0 Å². The normalized spacial score (nSPS) is 14.1. The predicted octanol–water partition coefficient (Wildman–Crippen LogP) is 1.45. The van der Waals surface area contributed by atoms with E-state index in [2.05, 4.69) is 10.7 Å². The molecule has 0 saturated carbocycles. The number of halogens is 4. The molecule has 5 nitrogen and oxygen atoms in total. The number of rotatable bonds is 5. The lowest BCUT2D eigenvalue weighted by atomic mass is 9.95. The summed E-state index contributed by atoms with van der Waals surface area (Å²) in [6, 6.07) is 0. The van der Waals surface area contributed by atoms with Crippen LogP contribution < -0.4 is 11.2 Å². The van der Waals surface area contributed by atoms with Gasteiger partial charge in [0.1, 0.15) is 5.54 Å². The highest BCUT2D eigenvalue weighted by Gasteiger charge is 2.45. The molecule has 1 unspecified atom stereocenters. The van der Waals surface area contributed by atoms with E-state index >= 15 is 0 Å². The molecular formula is C9H16ClF3N2O3. The quantitative estimate of drug-likeness (QED) is 0.752. The number of alkyl halides is 3. The lowest BCUT2D eigenvalue weighted by molar-refractivity contribution is -0.178. The molecule has 0 saturated heterocycles. The summed E-state index contributed by atoms with van der Waals surface area (Å²) < 4.78 is 36.2. The topological polar surface area (TPSA) is 81.4 Å². The van der Waals surface area contributed by atoms with Gasteiger partial charge in [0.15, 0.2) is 0 Å². The summed E-state index contributed by atoms with van der Waals surface area (Å²) in [6.07, 6.45) is -3.94. The zero-order valence-electron chi connectivity index (χ0n) is 9.97. The second-order valence-electron chi connectivity index (χ2n) is 3.79. The van der Waals surface area contributed by atoms with Gasteiger partial charge >= 0.3 is 18.1 Å². The van der Waals surface area contributed by atoms with Gasteiger partial charge in [-0.2, -0.15) is 19.1 Å². The maximum atomic E-state index is 12.1. The Bertz CT molecular complexity index is 299. The summed E-state index contributed by atoms with van der Waals surface area (Å²) in [5.74, 6) is 1.33. The number of unbranched alkanes of at least 4 members (excludes halogenated alkanes) is 1. The van der Waals surface area contributed by atoms with Gasteiger partial charge in [-0.05, 0) is 13.3 Å². The lowest BCUT2D eigenvalue weighted by Gasteiger charge is -2.27. The Hall–Kier alpha value is -1.02. The second-order valence-corrected chi connectivity index (χ2v) is 3.79. The van der Waals surface area contributed by atoms with Crippen LogP contribution in [0.25, 0.3) is 0 Å². The fraction of sp³-hybridized carbons (Fsp3) is 0.778. The van der Waals surface area contributed by atoms with E-state index in [1.54, 1.807) is 12.2 Å². The van der Waals surface area contributed by atoms with E-state index in [-0.39, 0.29) is 18.8 Å². The minimum Gasteiger partial charge on any atom is -0.372 e. The molecule has 0 aromatic carbocycles. The van der Waals surface area contributed by atoms with Gasteiger partial charge in [0.05, 0.1) is 0 Å². The number of carbonyl (C=O) groups excluding carboxylic acids is 2. The monoisotopic (exact) mass is 292 g/mol. The molecular weight excluding hydrogens is 277 g/mol. The minimum atomic E-state index is -5.05. The van der Waals surface area contributed by atoms with Crippen LogP contribution in [0.5, 0.6) is 0 Å². The van der Waals surface area contributed by atoms with Crippen LogP contribution in [-0.2, 0) is 14.4 Å². The number of hydrogen-bond donors (Lipinski definition) is 2. The zero-order chi connectivity index (χ0) is 13.7. The fourth-order valence-corrected chi connectivity index (χ4v) is 1.20. The Balaban J connectivity index is 0. The van der Waals surface area contributed by atoms with E-state index in [0.29, 0.717) is 12.8 Å². The van der Waals surface area contributed by atoms with E-state index in [4.69, 9.17) is 0 Å². The first kappa shape index (κ1) is 19.3. The Morgan fingerprint density at radius 1 is 1.33 bits per heavy atom. The fourth-order valence-electron chi connectivity index (χ4n) is 1.20. The number of nitrogens with two attached hydrogens (primary N) is 1. The molecule has 9 heteroatoms. The number of hydrogen-bond acceptors (Lipinski definition) is 4. The third-order valence-corrected chi connectivity index (χ3v) is 2.23. The molecule has 3 N–H and O–H groups in total. The number of carbonyl (C=O) groups is 2. The summed E-state index contributed by atoms with van der Waals surface area (Å²) in [6.45, 7) is 2.93. The Labute approximate surface area is 109 Å². The van der Waals surface area contributed by atoms with Gasteiger partial charge in [-0.3, -0.25) is 4.79 Å². The Morgan fingerprint density at radius 2 is 1.83 bits per heavy atom. The summed E-state index contributed by atoms with van der Waals surface area (Å²) in [5.41, 5.74) is -1.77. The average Bonchev–Trinajstić information content (AvgIpc) is 2.23. The van der Waals surface area contributed by atoms with Crippen LogP contribution in [0.2, 0.25) is 0 Å². The van der Waals surface area contributed by atoms with Crippen molar-refractivity contribution < 1.29 is 27.6 Å². The van der Waals surface area contributed by atoms with Crippen molar-refractivity contribution in [1.29, 1.82) is 0 Å². The molecule has 1 amide bonds. The minimum absolute atomic E-state index is 0. The van der Waals surface area contributed by atoms with Gasteiger partial charge in [-0.15, -0.1) is 12.4 Å². The van der Waals surface area contributed by atoms with Gasteiger partial charge in [-0.1, -0.05) is 19.8 Å². The molecule has 0 aromatic rings. The van der Waals surface area contributed by atoms with Crippen molar-refractivity contribution in [2.45, 2.75) is 44.8 Å².